The Bertz CT molecular complexity index is 1410. The van der Waals surface area contributed by atoms with Crippen LogP contribution in [0.25, 0.3) is 11.3 Å². The van der Waals surface area contributed by atoms with Crippen LogP contribution in [-0.4, -0.2) is 41.1 Å². The summed E-state index contributed by atoms with van der Waals surface area (Å²) >= 11 is 0. The van der Waals surface area contributed by atoms with Gasteiger partial charge in [-0.2, -0.15) is 5.26 Å². The smallest absolute Gasteiger partial charge is 0.244 e. The summed E-state index contributed by atoms with van der Waals surface area (Å²) in [5.74, 6) is -3.22. The Hall–Kier alpha value is -4.65. The fourth-order valence-corrected chi connectivity index (χ4v) is 4.97. The number of aromatic amines is 1. The van der Waals surface area contributed by atoms with Gasteiger partial charge in [0.15, 0.2) is 0 Å². The molecule has 1 aromatic heterocycles. The number of H-pyrrole nitrogens is 1. The number of aromatic nitrogens is 2. The maximum atomic E-state index is 14.1. The van der Waals surface area contributed by atoms with Crippen molar-refractivity contribution in [3.63, 3.8) is 0 Å². The van der Waals surface area contributed by atoms with Gasteiger partial charge in [-0.05, 0) is 42.3 Å². The molecular weight excluding hydrogens is 462 g/mol. The zero-order chi connectivity index (χ0) is 25.4. The third-order valence-corrected chi connectivity index (χ3v) is 6.56. The van der Waals surface area contributed by atoms with Crippen molar-refractivity contribution in [3.05, 3.63) is 59.7 Å². The average Bonchev–Trinajstić information content (AvgIpc) is 3.39. The van der Waals surface area contributed by atoms with Gasteiger partial charge in [0.1, 0.15) is 17.1 Å². The highest BCUT2D eigenvalue weighted by atomic mass is 16.5. The van der Waals surface area contributed by atoms with Gasteiger partial charge in [0.25, 0.3) is 0 Å². The number of carboxylic acid groups (broad SMARTS) is 1. The number of carboxylic acids is 1. The van der Waals surface area contributed by atoms with E-state index in [0.29, 0.717) is 34.9 Å². The fourth-order valence-electron chi connectivity index (χ4n) is 4.97. The van der Waals surface area contributed by atoms with Crippen molar-refractivity contribution in [2.24, 2.45) is 5.92 Å². The zero-order valence-electron chi connectivity index (χ0n) is 19.4. The first-order chi connectivity index (χ1) is 17.4. The van der Waals surface area contributed by atoms with Crippen molar-refractivity contribution in [2.75, 3.05) is 18.1 Å². The summed E-state index contributed by atoms with van der Waals surface area (Å²) in [6.07, 6.45) is 1.95. The minimum absolute atomic E-state index is 0.0109. The number of ether oxygens (including phenoxy) is 2. The lowest BCUT2D eigenvalue weighted by Crippen LogP contribution is -2.53. The molecule has 0 saturated heterocycles. The van der Waals surface area contributed by atoms with Crippen LogP contribution in [0.3, 0.4) is 0 Å². The molecule has 0 bridgehead atoms. The van der Waals surface area contributed by atoms with E-state index in [1.54, 1.807) is 48.5 Å². The van der Waals surface area contributed by atoms with Gasteiger partial charge in [-0.15, -0.1) is 5.10 Å². The van der Waals surface area contributed by atoms with Gasteiger partial charge >= 0.3 is 0 Å². The van der Waals surface area contributed by atoms with E-state index in [-0.39, 0.29) is 11.4 Å². The van der Waals surface area contributed by atoms with E-state index in [2.05, 4.69) is 23.2 Å². The van der Waals surface area contributed by atoms with E-state index in [9.17, 15) is 20.0 Å². The fraction of sp³-hybridized carbons (Fsp3) is 0.269. The van der Waals surface area contributed by atoms with Crippen molar-refractivity contribution in [1.82, 2.24) is 10.2 Å². The number of hydrogen-bond acceptors (Lipinski definition) is 8. The second-order valence-corrected chi connectivity index (χ2v) is 8.62. The Labute approximate surface area is 206 Å². The maximum Gasteiger partial charge on any atom is 0.244 e. The highest BCUT2D eigenvalue weighted by Crippen LogP contribution is 2.57. The second-order valence-electron chi connectivity index (χ2n) is 8.62. The molecule has 2 N–H and O–H groups in total. The van der Waals surface area contributed by atoms with E-state index in [0.717, 1.165) is 17.7 Å². The summed E-state index contributed by atoms with van der Waals surface area (Å²) in [7, 11) is 0. The number of para-hydroxylation sites is 1. The lowest BCUT2D eigenvalue weighted by atomic mass is 9.65. The van der Waals surface area contributed by atoms with Crippen molar-refractivity contribution >= 4 is 23.5 Å². The van der Waals surface area contributed by atoms with E-state index >= 15 is 0 Å². The molecule has 36 heavy (non-hydrogen) atoms. The largest absolute Gasteiger partial charge is 0.548 e. The summed E-state index contributed by atoms with van der Waals surface area (Å²) in [4.78, 5) is 26.7. The summed E-state index contributed by atoms with van der Waals surface area (Å²) in [6.45, 7) is 1.98. The van der Waals surface area contributed by atoms with Crippen molar-refractivity contribution in [2.45, 2.75) is 25.2 Å². The van der Waals surface area contributed by atoms with E-state index in [4.69, 9.17) is 14.9 Å². The molecule has 2 aliphatic rings. The van der Waals surface area contributed by atoms with Crippen molar-refractivity contribution < 1.29 is 24.2 Å². The molecule has 5 rings (SSSR count). The highest BCUT2D eigenvalue weighted by Gasteiger charge is 2.64. The minimum Gasteiger partial charge on any atom is -0.548 e. The Balaban J connectivity index is 1.70. The lowest BCUT2D eigenvalue weighted by molar-refractivity contribution is -0.303. The van der Waals surface area contributed by atoms with Crippen LogP contribution in [0.15, 0.2) is 48.5 Å². The topological polar surface area (TPSA) is 155 Å². The summed E-state index contributed by atoms with van der Waals surface area (Å²) < 4.78 is 11.3. The first-order valence-corrected chi connectivity index (χ1v) is 11.5. The van der Waals surface area contributed by atoms with Gasteiger partial charge in [0.2, 0.25) is 17.7 Å². The number of aliphatic carboxylic acids is 1. The molecule has 10 nitrogen and oxygen atoms in total. The molecule has 0 saturated carbocycles. The molecule has 10 heteroatoms. The van der Waals surface area contributed by atoms with E-state index in [1.165, 1.54) is 0 Å². The molecule has 0 fully saturated rings. The molecule has 1 amide bonds. The second kappa shape index (κ2) is 8.85. The highest BCUT2D eigenvalue weighted by molar-refractivity contribution is 6.16. The number of benzene rings is 2. The van der Waals surface area contributed by atoms with Gasteiger partial charge in [-0.3, -0.25) is 15.3 Å². The third-order valence-electron chi connectivity index (χ3n) is 6.56. The molecule has 182 valence electrons. The number of anilines is 1. The number of carbonyl (C=O) groups excluding carboxylic acids is 2. The number of nitrogens with one attached hydrogen (secondary N) is 2. The molecule has 3 heterocycles. The van der Waals surface area contributed by atoms with Crippen molar-refractivity contribution in [3.8, 4) is 29.0 Å². The predicted molar refractivity (Wildman–Crippen MR) is 126 cm³/mol. The molecule has 2 aliphatic heterocycles. The first-order valence-electron chi connectivity index (χ1n) is 11.5. The summed E-state index contributed by atoms with van der Waals surface area (Å²) in [5, 5.41) is 37.2. The van der Waals surface area contributed by atoms with Crippen LogP contribution in [-0.2, 0) is 15.0 Å². The molecule has 1 spiro atoms. The Morgan fingerprint density at radius 1 is 1.31 bits per heavy atom. The molecule has 0 aliphatic carbocycles. The standard InChI is InChI=1S/C26H23N5O5/c1-2-3-12-35-16-10-8-15(9-11-16)22-21-24(30-29-22)36-23(28)18(13-27)26(21)17-6-4-5-7-19(17)31(25(26)34)14-20(32)33/h4-11,18,28H,2-3,12,14H2,1H3,(H,29,30)(H,32,33)/p-1. The molecule has 2 aromatic carbocycles. The molecule has 3 aromatic rings. The lowest BCUT2D eigenvalue weighted by Gasteiger charge is -2.36. The number of nitrogens with zero attached hydrogens (tertiary/aromatic N) is 3. The monoisotopic (exact) mass is 484 g/mol. The summed E-state index contributed by atoms with van der Waals surface area (Å²) in [5.41, 5.74) is 0.366. The number of fused-ring (bicyclic) bond motifs is 4. The van der Waals surface area contributed by atoms with Crippen LogP contribution in [0.1, 0.15) is 30.9 Å². The van der Waals surface area contributed by atoms with E-state index < -0.39 is 35.7 Å². The number of rotatable bonds is 7. The van der Waals surface area contributed by atoms with Gasteiger partial charge < -0.3 is 24.3 Å². The summed E-state index contributed by atoms with van der Waals surface area (Å²) in [6, 6.07) is 15.9. The van der Waals surface area contributed by atoms with Crippen LogP contribution in [0, 0.1) is 22.7 Å². The van der Waals surface area contributed by atoms with Crippen LogP contribution >= 0.6 is 0 Å². The number of nitriles is 1. The predicted octanol–water partition coefficient (Wildman–Crippen LogP) is 2.15. The quantitative estimate of drug-likeness (QED) is 0.487. The average molecular weight is 484 g/mol. The molecule has 2 atom stereocenters. The van der Waals surface area contributed by atoms with Gasteiger partial charge in [0, 0.05) is 11.3 Å². The van der Waals surface area contributed by atoms with E-state index in [1.807, 2.05) is 0 Å². The third kappa shape index (κ3) is 3.32. The molecule has 2 unspecified atom stereocenters. The first kappa shape index (κ1) is 23.1. The van der Waals surface area contributed by atoms with Crippen LogP contribution in [0.4, 0.5) is 5.69 Å². The molecule has 0 radical (unpaired) electrons. The Morgan fingerprint density at radius 3 is 2.75 bits per heavy atom. The normalized spacial score (nSPS) is 20.0. The van der Waals surface area contributed by atoms with Gasteiger partial charge in [-0.1, -0.05) is 31.5 Å². The number of unbranched alkanes of at least 4 members (excludes halogenated alkanes) is 1. The van der Waals surface area contributed by atoms with Crippen LogP contribution < -0.4 is 19.5 Å². The van der Waals surface area contributed by atoms with Crippen molar-refractivity contribution in [1.29, 1.82) is 10.7 Å². The Morgan fingerprint density at radius 2 is 2.06 bits per heavy atom. The SMILES string of the molecule is CCCCOc1ccc(-c2[nH]nc3c2C2(C(=O)N(CC(=O)[O-])c4ccccc42)C(C#N)C(=N)O3)cc1. The Kier molecular flexibility index (Phi) is 5.68. The maximum absolute atomic E-state index is 14.1. The number of hydrogen-bond donors (Lipinski definition) is 2. The molecular formula is C26H22N5O5-. The van der Waals surface area contributed by atoms with Gasteiger partial charge in [0.05, 0.1) is 36.4 Å². The zero-order valence-corrected chi connectivity index (χ0v) is 19.4. The van der Waals surface area contributed by atoms with Gasteiger partial charge in [-0.25, -0.2) is 0 Å². The minimum atomic E-state index is -1.73. The number of carbonyl (C=O) groups is 2. The van der Waals surface area contributed by atoms with Crippen LogP contribution in [0.2, 0.25) is 0 Å². The van der Waals surface area contributed by atoms with Crippen LogP contribution in [0.5, 0.6) is 11.6 Å². The number of amides is 1.